The summed E-state index contributed by atoms with van der Waals surface area (Å²) in [5.74, 6) is -0.117. The lowest BCUT2D eigenvalue weighted by molar-refractivity contribution is 0.0985. The number of benzene rings is 3. The highest BCUT2D eigenvalue weighted by molar-refractivity contribution is 7.22. The van der Waals surface area contributed by atoms with Crippen LogP contribution in [-0.2, 0) is 6.54 Å². The molecular formula is C22H16ClFN2O2S. The van der Waals surface area contributed by atoms with E-state index in [9.17, 15) is 9.18 Å². The Hall–Kier alpha value is -2.96. The summed E-state index contributed by atoms with van der Waals surface area (Å²) in [6.45, 7) is 0.310. The van der Waals surface area contributed by atoms with Crippen LogP contribution in [0.1, 0.15) is 15.9 Å². The van der Waals surface area contributed by atoms with Crippen molar-refractivity contribution in [1.82, 2.24) is 4.98 Å². The minimum atomic E-state index is -0.492. The molecule has 146 valence electrons. The molecule has 4 aromatic rings. The van der Waals surface area contributed by atoms with Gasteiger partial charge in [-0.05, 0) is 42.0 Å². The van der Waals surface area contributed by atoms with Crippen molar-refractivity contribution in [3.8, 4) is 5.75 Å². The van der Waals surface area contributed by atoms with Gasteiger partial charge in [-0.15, -0.1) is 0 Å². The molecule has 0 N–H and O–H groups in total. The Labute approximate surface area is 176 Å². The Bertz CT molecular complexity index is 1180. The van der Waals surface area contributed by atoms with E-state index in [0.717, 1.165) is 27.6 Å². The molecule has 7 heteroatoms. The quantitative estimate of drug-likeness (QED) is 0.396. The van der Waals surface area contributed by atoms with Crippen molar-refractivity contribution in [2.75, 3.05) is 12.0 Å². The van der Waals surface area contributed by atoms with E-state index in [-0.39, 0.29) is 16.5 Å². The number of nitrogens with zero attached hydrogens (tertiary/aromatic N) is 2. The Kier molecular flexibility index (Phi) is 5.47. The second-order valence-corrected chi connectivity index (χ2v) is 7.75. The van der Waals surface area contributed by atoms with Crippen LogP contribution in [-0.4, -0.2) is 18.0 Å². The molecule has 0 aliphatic heterocycles. The monoisotopic (exact) mass is 426 g/mol. The molecule has 1 amide bonds. The maximum Gasteiger partial charge on any atom is 0.261 e. The number of ether oxygens (including phenoxy) is 1. The zero-order valence-electron chi connectivity index (χ0n) is 15.4. The molecule has 4 rings (SSSR count). The molecule has 0 spiro atoms. The second-order valence-electron chi connectivity index (χ2n) is 6.33. The number of carbonyl (C=O) groups is 1. The molecule has 0 saturated carbocycles. The van der Waals surface area contributed by atoms with Crippen LogP contribution < -0.4 is 9.64 Å². The highest BCUT2D eigenvalue weighted by atomic mass is 35.5. The van der Waals surface area contributed by atoms with Crippen molar-refractivity contribution in [1.29, 1.82) is 0 Å². The largest absolute Gasteiger partial charge is 0.497 e. The fraction of sp³-hybridized carbons (Fsp3) is 0.0909. The number of methoxy groups -OCH3 is 1. The Balaban J connectivity index is 1.78. The van der Waals surface area contributed by atoms with Gasteiger partial charge in [0.15, 0.2) is 5.13 Å². The summed E-state index contributed by atoms with van der Waals surface area (Å²) < 4.78 is 19.6. The van der Waals surface area contributed by atoms with Crippen LogP contribution in [0.2, 0.25) is 5.02 Å². The van der Waals surface area contributed by atoms with Crippen LogP contribution in [0.3, 0.4) is 0 Å². The number of fused-ring (bicyclic) bond motifs is 1. The van der Waals surface area contributed by atoms with E-state index in [2.05, 4.69) is 4.98 Å². The molecule has 0 fully saturated rings. The molecular weight excluding hydrogens is 411 g/mol. The van der Waals surface area contributed by atoms with Crippen molar-refractivity contribution in [2.45, 2.75) is 6.54 Å². The lowest BCUT2D eigenvalue weighted by Gasteiger charge is -2.20. The Morgan fingerprint density at radius 2 is 1.93 bits per heavy atom. The summed E-state index contributed by atoms with van der Waals surface area (Å²) in [6, 6.07) is 18.9. The van der Waals surface area contributed by atoms with E-state index in [1.165, 1.54) is 23.5 Å². The Morgan fingerprint density at radius 1 is 1.14 bits per heavy atom. The fourth-order valence-electron chi connectivity index (χ4n) is 2.94. The van der Waals surface area contributed by atoms with Gasteiger partial charge in [0.25, 0.3) is 5.91 Å². The van der Waals surface area contributed by atoms with Crippen molar-refractivity contribution >= 4 is 44.2 Å². The summed E-state index contributed by atoms with van der Waals surface area (Å²) in [6.07, 6.45) is 0. The van der Waals surface area contributed by atoms with Gasteiger partial charge in [-0.25, -0.2) is 9.37 Å². The number of aromatic nitrogens is 1. The van der Waals surface area contributed by atoms with Crippen LogP contribution in [0, 0.1) is 5.82 Å². The van der Waals surface area contributed by atoms with E-state index in [1.807, 2.05) is 48.5 Å². The minimum Gasteiger partial charge on any atom is -0.497 e. The first-order valence-electron chi connectivity index (χ1n) is 8.80. The van der Waals surface area contributed by atoms with Gasteiger partial charge >= 0.3 is 0 Å². The number of carbonyl (C=O) groups excluding carboxylic acids is 1. The lowest BCUT2D eigenvalue weighted by Crippen LogP contribution is -2.30. The number of thiazole rings is 1. The van der Waals surface area contributed by atoms with E-state index < -0.39 is 5.82 Å². The number of hydrogen-bond donors (Lipinski definition) is 0. The van der Waals surface area contributed by atoms with Gasteiger partial charge in [-0.3, -0.25) is 9.69 Å². The van der Waals surface area contributed by atoms with Gasteiger partial charge in [-0.2, -0.15) is 0 Å². The first-order valence-corrected chi connectivity index (χ1v) is 10.00. The molecule has 4 nitrogen and oxygen atoms in total. The average Bonchev–Trinajstić information content (AvgIpc) is 3.15. The van der Waals surface area contributed by atoms with E-state index in [1.54, 1.807) is 12.0 Å². The third kappa shape index (κ3) is 4.09. The highest BCUT2D eigenvalue weighted by Gasteiger charge is 2.24. The predicted molar refractivity (Wildman–Crippen MR) is 115 cm³/mol. The van der Waals surface area contributed by atoms with Crippen molar-refractivity contribution < 1.29 is 13.9 Å². The van der Waals surface area contributed by atoms with Crippen LogP contribution in [0.15, 0.2) is 66.7 Å². The van der Waals surface area contributed by atoms with Crippen molar-refractivity contribution in [3.05, 3.63) is 88.7 Å². The molecule has 0 saturated heterocycles. The third-order valence-electron chi connectivity index (χ3n) is 4.41. The average molecular weight is 427 g/mol. The fourth-order valence-corrected chi connectivity index (χ4v) is 4.18. The molecule has 0 radical (unpaired) electrons. The predicted octanol–water partition coefficient (Wildman–Crippen LogP) is 5.94. The molecule has 0 atom stereocenters. The number of anilines is 1. The van der Waals surface area contributed by atoms with E-state index >= 15 is 0 Å². The SMILES string of the molecule is COc1ccc2nc(N(Cc3ccccc3)C(=O)c3ccc(F)cc3Cl)sc2c1. The zero-order chi connectivity index (χ0) is 20.4. The lowest BCUT2D eigenvalue weighted by atomic mass is 10.1. The molecule has 0 unspecified atom stereocenters. The van der Waals surface area contributed by atoms with Gasteiger partial charge < -0.3 is 4.74 Å². The molecule has 0 aliphatic rings. The summed E-state index contributed by atoms with van der Waals surface area (Å²) in [5.41, 5.74) is 1.93. The van der Waals surface area contributed by atoms with Crippen LogP contribution in [0.5, 0.6) is 5.75 Å². The molecule has 29 heavy (non-hydrogen) atoms. The first-order chi connectivity index (χ1) is 14.0. The first kappa shape index (κ1) is 19.4. The van der Waals surface area contributed by atoms with Gasteiger partial charge in [0.05, 0.1) is 34.5 Å². The van der Waals surface area contributed by atoms with E-state index in [4.69, 9.17) is 16.3 Å². The molecule has 0 aliphatic carbocycles. The van der Waals surface area contributed by atoms with Gasteiger partial charge in [-0.1, -0.05) is 53.3 Å². The van der Waals surface area contributed by atoms with Crippen LogP contribution >= 0.6 is 22.9 Å². The van der Waals surface area contributed by atoms with E-state index in [0.29, 0.717) is 11.7 Å². The summed E-state index contributed by atoms with van der Waals surface area (Å²) in [5, 5.41) is 0.596. The second kappa shape index (κ2) is 8.19. The number of rotatable bonds is 5. The smallest absolute Gasteiger partial charge is 0.261 e. The zero-order valence-corrected chi connectivity index (χ0v) is 17.0. The number of amides is 1. The molecule has 1 heterocycles. The van der Waals surface area contributed by atoms with Gasteiger partial charge in [0.1, 0.15) is 11.6 Å². The van der Waals surface area contributed by atoms with Crippen LogP contribution in [0.4, 0.5) is 9.52 Å². The van der Waals surface area contributed by atoms with Crippen LogP contribution in [0.25, 0.3) is 10.2 Å². The topological polar surface area (TPSA) is 42.4 Å². The van der Waals surface area contributed by atoms with Crippen molar-refractivity contribution in [2.24, 2.45) is 0 Å². The highest BCUT2D eigenvalue weighted by Crippen LogP contribution is 2.33. The molecule has 1 aromatic heterocycles. The summed E-state index contributed by atoms with van der Waals surface area (Å²) >= 11 is 7.54. The standard InChI is InChI=1S/C22H16ClFN2O2S/c1-28-16-8-10-19-20(12-16)29-22(25-19)26(13-14-5-3-2-4-6-14)21(27)17-9-7-15(24)11-18(17)23/h2-12H,13H2,1H3. The normalized spacial score (nSPS) is 10.9. The Morgan fingerprint density at radius 3 is 2.66 bits per heavy atom. The van der Waals surface area contributed by atoms with Crippen molar-refractivity contribution in [3.63, 3.8) is 0 Å². The maximum absolute atomic E-state index is 13.5. The number of halogens is 2. The molecule has 3 aromatic carbocycles. The number of hydrogen-bond acceptors (Lipinski definition) is 4. The summed E-state index contributed by atoms with van der Waals surface area (Å²) in [4.78, 5) is 19.5. The van der Waals surface area contributed by atoms with Gasteiger partial charge in [0.2, 0.25) is 0 Å². The molecule has 0 bridgehead atoms. The third-order valence-corrected chi connectivity index (χ3v) is 5.76. The van der Waals surface area contributed by atoms with Gasteiger partial charge in [0, 0.05) is 0 Å². The summed E-state index contributed by atoms with van der Waals surface area (Å²) in [7, 11) is 1.60. The maximum atomic E-state index is 13.5. The minimum absolute atomic E-state index is 0.0656.